The van der Waals surface area contributed by atoms with Crippen LogP contribution in [0, 0.1) is 0 Å². The molecular formula is C29H35N3O3S. The van der Waals surface area contributed by atoms with E-state index in [1.807, 2.05) is 35.7 Å². The van der Waals surface area contributed by atoms with Crippen molar-refractivity contribution in [3.8, 4) is 11.1 Å². The lowest BCUT2D eigenvalue weighted by atomic mass is 9.99. The van der Waals surface area contributed by atoms with Crippen molar-refractivity contribution in [2.24, 2.45) is 0 Å². The summed E-state index contributed by atoms with van der Waals surface area (Å²) in [4.78, 5) is 31.7. The van der Waals surface area contributed by atoms with Crippen molar-refractivity contribution in [2.45, 2.75) is 43.9 Å². The zero-order valence-corrected chi connectivity index (χ0v) is 21.8. The van der Waals surface area contributed by atoms with Crippen LogP contribution in [0.1, 0.15) is 23.3 Å². The zero-order chi connectivity index (χ0) is 25.5. The van der Waals surface area contributed by atoms with E-state index in [0.717, 1.165) is 21.6 Å². The van der Waals surface area contributed by atoms with Gasteiger partial charge in [0.05, 0.1) is 12.1 Å². The van der Waals surface area contributed by atoms with Crippen molar-refractivity contribution in [3.05, 3.63) is 82.6 Å². The monoisotopic (exact) mass is 505 g/mol. The van der Waals surface area contributed by atoms with Gasteiger partial charge in [0.15, 0.2) is 0 Å². The number of hydrogen-bond donors (Lipinski definition) is 2. The van der Waals surface area contributed by atoms with E-state index in [-0.39, 0.29) is 17.9 Å². The SMILES string of the molecule is CN[C@H](Cc1ccc(-c2ccccc2)cc1)C(=O)N(C)[C@H](Cc1cccs1)C(=O)N1CCC(O)CC1. The van der Waals surface area contributed by atoms with Gasteiger partial charge in [0.25, 0.3) is 0 Å². The zero-order valence-electron chi connectivity index (χ0n) is 21.0. The summed E-state index contributed by atoms with van der Waals surface area (Å²) in [6, 6.07) is 21.5. The predicted octanol–water partition coefficient (Wildman–Crippen LogP) is 3.60. The summed E-state index contributed by atoms with van der Waals surface area (Å²) in [7, 11) is 3.52. The maximum Gasteiger partial charge on any atom is 0.245 e. The minimum absolute atomic E-state index is 0.0479. The lowest BCUT2D eigenvalue weighted by Gasteiger charge is -2.36. The van der Waals surface area contributed by atoms with Gasteiger partial charge in [-0.05, 0) is 54.4 Å². The van der Waals surface area contributed by atoms with Crippen LogP contribution in [-0.4, -0.2) is 72.1 Å². The molecule has 4 rings (SSSR count). The highest BCUT2D eigenvalue weighted by Crippen LogP contribution is 2.22. The van der Waals surface area contributed by atoms with Gasteiger partial charge in [-0.2, -0.15) is 0 Å². The number of hydrogen-bond acceptors (Lipinski definition) is 5. The van der Waals surface area contributed by atoms with Gasteiger partial charge in [0.1, 0.15) is 6.04 Å². The minimum atomic E-state index is -0.581. The van der Waals surface area contributed by atoms with Crippen molar-refractivity contribution in [3.63, 3.8) is 0 Å². The van der Waals surface area contributed by atoms with Gasteiger partial charge in [-0.15, -0.1) is 11.3 Å². The molecule has 7 heteroatoms. The number of nitrogens with one attached hydrogen (secondary N) is 1. The average Bonchev–Trinajstić information content (AvgIpc) is 3.44. The van der Waals surface area contributed by atoms with Crippen LogP contribution in [0.25, 0.3) is 11.1 Å². The molecule has 36 heavy (non-hydrogen) atoms. The summed E-state index contributed by atoms with van der Waals surface area (Å²) in [6.45, 7) is 1.04. The molecule has 2 atom stereocenters. The molecule has 190 valence electrons. The number of thiophene rings is 1. The molecule has 2 N–H and O–H groups in total. The fraction of sp³-hybridized carbons (Fsp3) is 0.379. The molecule has 1 aliphatic rings. The van der Waals surface area contributed by atoms with E-state index in [0.29, 0.717) is 38.8 Å². The minimum Gasteiger partial charge on any atom is -0.393 e. The molecule has 1 fully saturated rings. The number of carbonyl (C=O) groups excluding carboxylic acids is 2. The Balaban J connectivity index is 1.47. The second-order valence-corrected chi connectivity index (χ2v) is 10.4. The van der Waals surface area contributed by atoms with Crippen LogP contribution in [-0.2, 0) is 22.4 Å². The van der Waals surface area contributed by atoms with Crippen molar-refractivity contribution >= 4 is 23.2 Å². The van der Waals surface area contributed by atoms with E-state index < -0.39 is 12.1 Å². The van der Waals surface area contributed by atoms with Crippen LogP contribution in [0.4, 0.5) is 0 Å². The van der Waals surface area contributed by atoms with E-state index >= 15 is 0 Å². The highest BCUT2D eigenvalue weighted by molar-refractivity contribution is 7.09. The first-order valence-electron chi connectivity index (χ1n) is 12.5. The van der Waals surface area contributed by atoms with Gasteiger partial charge < -0.3 is 20.2 Å². The van der Waals surface area contributed by atoms with E-state index in [4.69, 9.17) is 0 Å². The number of benzene rings is 2. The molecule has 0 saturated carbocycles. The lowest BCUT2D eigenvalue weighted by molar-refractivity contribution is -0.146. The predicted molar refractivity (Wildman–Crippen MR) is 145 cm³/mol. The summed E-state index contributed by atoms with van der Waals surface area (Å²) < 4.78 is 0. The molecule has 2 heterocycles. The first kappa shape index (κ1) is 26.1. The van der Waals surface area contributed by atoms with Crippen molar-refractivity contribution in [1.29, 1.82) is 0 Å². The molecule has 0 spiro atoms. The van der Waals surface area contributed by atoms with Gasteiger partial charge in [0.2, 0.25) is 11.8 Å². The lowest BCUT2D eigenvalue weighted by Crippen LogP contribution is -2.56. The maximum absolute atomic E-state index is 13.6. The number of likely N-dealkylation sites (tertiary alicyclic amines) is 1. The van der Waals surface area contributed by atoms with E-state index in [1.54, 1.807) is 35.2 Å². The van der Waals surface area contributed by atoms with Crippen LogP contribution in [0.3, 0.4) is 0 Å². The first-order chi connectivity index (χ1) is 17.5. The quantitative estimate of drug-likeness (QED) is 0.466. The molecular weight excluding hydrogens is 470 g/mol. The molecule has 3 aromatic rings. The molecule has 1 saturated heterocycles. The fourth-order valence-electron chi connectivity index (χ4n) is 4.72. The molecule has 2 amide bonds. The van der Waals surface area contributed by atoms with Crippen LogP contribution in [0.15, 0.2) is 72.1 Å². The number of nitrogens with zero attached hydrogens (tertiary/aromatic N) is 2. The molecule has 6 nitrogen and oxygen atoms in total. The summed E-state index contributed by atoms with van der Waals surface area (Å²) in [5, 5.41) is 15.0. The normalized spacial score (nSPS) is 15.9. The maximum atomic E-state index is 13.6. The Morgan fingerprint density at radius 1 is 1.00 bits per heavy atom. The fourth-order valence-corrected chi connectivity index (χ4v) is 5.46. The Bertz CT molecular complexity index is 1110. The molecule has 2 aromatic carbocycles. The Kier molecular flexibility index (Phi) is 8.91. The number of likely N-dealkylation sites (N-methyl/N-ethyl adjacent to an activating group) is 2. The molecule has 0 radical (unpaired) electrons. The highest BCUT2D eigenvalue weighted by atomic mass is 32.1. The van der Waals surface area contributed by atoms with Gasteiger partial charge in [-0.3, -0.25) is 9.59 Å². The number of piperidine rings is 1. The van der Waals surface area contributed by atoms with Crippen LogP contribution >= 0.6 is 11.3 Å². The van der Waals surface area contributed by atoms with Gasteiger partial charge in [0, 0.05) is 31.4 Å². The summed E-state index contributed by atoms with van der Waals surface area (Å²) >= 11 is 1.60. The third-order valence-corrected chi connectivity index (χ3v) is 7.90. The van der Waals surface area contributed by atoms with Crippen molar-refractivity contribution in [1.82, 2.24) is 15.1 Å². The largest absolute Gasteiger partial charge is 0.393 e. The van der Waals surface area contributed by atoms with Crippen LogP contribution < -0.4 is 5.32 Å². The van der Waals surface area contributed by atoms with Crippen molar-refractivity contribution < 1.29 is 14.7 Å². The number of amides is 2. The average molecular weight is 506 g/mol. The summed E-state index contributed by atoms with van der Waals surface area (Å²) in [5.41, 5.74) is 3.35. The third-order valence-electron chi connectivity index (χ3n) is 7.00. The standard InChI is InChI=1S/C29H35N3O3S/c1-30-26(19-21-10-12-23(13-11-21)22-7-4-3-5-8-22)28(34)31(2)27(20-25-9-6-18-36-25)29(35)32-16-14-24(33)15-17-32/h3-13,18,24,26-27,30,33H,14-17,19-20H2,1-2H3/t26-,27-/m1/s1. The summed E-state index contributed by atoms with van der Waals surface area (Å²) in [6.07, 6.45) is 1.82. The van der Waals surface area contributed by atoms with E-state index in [9.17, 15) is 14.7 Å². The smallest absolute Gasteiger partial charge is 0.245 e. The number of aliphatic hydroxyl groups is 1. The van der Waals surface area contributed by atoms with Crippen LogP contribution in [0.2, 0.25) is 0 Å². The van der Waals surface area contributed by atoms with Crippen LogP contribution in [0.5, 0.6) is 0 Å². The third kappa shape index (κ3) is 6.40. The highest BCUT2D eigenvalue weighted by Gasteiger charge is 2.35. The second kappa shape index (κ2) is 12.3. The van der Waals surface area contributed by atoms with E-state index in [2.05, 4.69) is 41.7 Å². The Morgan fingerprint density at radius 3 is 2.28 bits per heavy atom. The molecule has 0 bridgehead atoms. The molecule has 1 aromatic heterocycles. The Hall–Kier alpha value is -3.00. The Labute approximate surface area is 217 Å². The summed E-state index contributed by atoms with van der Waals surface area (Å²) in [5.74, 6) is -0.148. The topological polar surface area (TPSA) is 72.9 Å². The van der Waals surface area contributed by atoms with Gasteiger partial charge in [-0.1, -0.05) is 60.7 Å². The van der Waals surface area contributed by atoms with E-state index in [1.165, 1.54) is 0 Å². The number of carbonyl (C=O) groups is 2. The number of aliphatic hydroxyl groups excluding tert-OH is 1. The molecule has 0 aliphatic carbocycles. The number of rotatable bonds is 9. The molecule has 0 unspecified atom stereocenters. The van der Waals surface area contributed by atoms with Gasteiger partial charge >= 0.3 is 0 Å². The molecule has 1 aliphatic heterocycles. The first-order valence-corrected chi connectivity index (χ1v) is 13.4. The van der Waals surface area contributed by atoms with Crippen molar-refractivity contribution in [2.75, 3.05) is 27.2 Å². The van der Waals surface area contributed by atoms with Gasteiger partial charge in [-0.25, -0.2) is 0 Å². The second-order valence-electron chi connectivity index (χ2n) is 9.41. The Morgan fingerprint density at radius 2 is 1.67 bits per heavy atom.